The molecule has 2 saturated carbocycles. The predicted octanol–water partition coefficient (Wildman–Crippen LogP) is 3.94. The monoisotopic (exact) mass is 506 g/mol. The van der Waals surface area contributed by atoms with E-state index < -0.39 is 24.4 Å². The topological polar surface area (TPSA) is 94.5 Å². The highest BCUT2D eigenvalue weighted by Crippen LogP contribution is 2.51. The maximum atomic E-state index is 13.7. The van der Waals surface area contributed by atoms with Gasteiger partial charge in [-0.1, -0.05) is 12.1 Å². The third-order valence-corrected chi connectivity index (χ3v) is 8.38. The van der Waals surface area contributed by atoms with E-state index in [4.69, 9.17) is 9.31 Å². The van der Waals surface area contributed by atoms with E-state index in [9.17, 15) is 9.59 Å². The zero-order valence-electron chi connectivity index (χ0n) is 22.8. The first kappa shape index (κ1) is 26.0. The van der Waals surface area contributed by atoms with Gasteiger partial charge in [0.25, 0.3) is 5.91 Å². The first-order chi connectivity index (χ1) is 17.5. The number of aromatic nitrogens is 2. The Morgan fingerprint density at radius 1 is 0.973 bits per heavy atom. The smallest absolute Gasteiger partial charge is 0.399 e. The van der Waals surface area contributed by atoms with Gasteiger partial charge in [0.2, 0.25) is 5.91 Å². The molecule has 3 fully saturated rings. The van der Waals surface area contributed by atoms with Gasteiger partial charge in [-0.15, -0.1) is 0 Å². The van der Waals surface area contributed by atoms with Crippen molar-refractivity contribution in [3.8, 4) is 0 Å². The summed E-state index contributed by atoms with van der Waals surface area (Å²) in [5, 5.41) is 10.5. The lowest BCUT2D eigenvalue weighted by Gasteiger charge is -2.32. The number of amides is 2. The SMILES string of the molecule is CC(C)n1nccc1C(=O)NC(C(=O)Nc1ccc(B2OC(C)(C)C(C)(C)O2)cc1)C(C1CC1)C1CC1. The normalized spacial score (nSPS) is 21.4. The molecule has 2 N–H and O–H groups in total. The van der Waals surface area contributed by atoms with E-state index in [1.165, 1.54) is 0 Å². The summed E-state index contributed by atoms with van der Waals surface area (Å²) in [6.45, 7) is 12.1. The van der Waals surface area contributed by atoms with Crippen LogP contribution in [0.3, 0.4) is 0 Å². The average Bonchev–Trinajstić information content (AvgIpc) is 3.76. The van der Waals surface area contributed by atoms with Crippen LogP contribution in [0, 0.1) is 17.8 Å². The Balaban J connectivity index is 1.32. The third kappa shape index (κ3) is 5.34. The Labute approximate surface area is 220 Å². The predicted molar refractivity (Wildman–Crippen MR) is 144 cm³/mol. The van der Waals surface area contributed by atoms with E-state index in [-0.39, 0.29) is 23.8 Å². The molecule has 0 radical (unpaired) electrons. The van der Waals surface area contributed by atoms with E-state index in [1.807, 2.05) is 65.8 Å². The molecule has 2 amide bonds. The van der Waals surface area contributed by atoms with Crippen molar-refractivity contribution in [2.45, 2.75) is 90.5 Å². The number of rotatable bonds is 9. The number of nitrogens with one attached hydrogen (secondary N) is 2. The summed E-state index contributed by atoms with van der Waals surface area (Å²) in [6.07, 6.45) is 6.10. The van der Waals surface area contributed by atoms with Gasteiger partial charge in [0, 0.05) is 17.9 Å². The second-order valence-electron chi connectivity index (χ2n) is 12.2. The van der Waals surface area contributed by atoms with Gasteiger partial charge in [-0.2, -0.15) is 5.10 Å². The maximum Gasteiger partial charge on any atom is 0.494 e. The first-order valence-corrected chi connectivity index (χ1v) is 13.6. The van der Waals surface area contributed by atoms with Crippen LogP contribution in [0.1, 0.15) is 83.8 Å². The lowest BCUT2D eigenvalue weighted by atomic mass is 9.79. The summed E-state index contributed by atoms with van der Waals surface area (Å²) in [6, 6.07) is 8.75. The largest absolute Gasteiger partial charge is 0.494 e. The second-order valence-corrected chi connectivity index (χ2v) is 12.2. The fraction of sp³-hybridized carbons (Fsp3) is 0.607. The zero-order chi connectivity index (χ0) is 26.5. The Morgan fingerprint density at radius 2 is 1.54 bits per heavy atom. The first-order valence-electron chi connectivity index (χ1n) is 13.6. The van der Waals surface area contributed by atoms with E-state index in [2.05, 4.69) is 15.7 Å². The molecule has 2 aliphatic carbocycles. The Kier molecular flexibility index (Phi) is 6.73. The minimum atomic E-state index is -0.592. The molecule has 0 bridgehead atoms. The molecule has 1 aromatic heterocycles. The summed E-state index contributed by atoms with van der Waals surface area (Å²) < 4.78 is 14.0. The van der Waals surface area contributed by atoms with Crippen molar-refractivity contribution in [2.75, 3.05) is 5.32 Å². The van der Waals surface area contributed by atoms with Crippen LogP contribution < -0.4 is 16.1 Å². The molecule has 2 aromatic rings. The number of carbonyl (C=O) groups is 2. The van der Waals surface area contributed by atoms with Crippen molar-refractivity contribution in [3.63, 3.8) is 0 Å². The molecule has 3 aliphatic rings. The Morgan fingerprint density at radius 3 is 2.05 bits per heavy atom. The highest BCUT2D eigenvalue weighted by atomic mass is 16.7. The van der Waals surface area contributed by atoms with Crippen LogP contribution >= 0.6 is 0 Å². The molecule has 0 spiro atoms. The molecular weight excluding hydrogens is 467 g/mol. The van der Waals surface area contributed by atoms with Gasteiger partial charge in [-0.05, 0) is 109 Å². The van der Waals surface area contributed by atoms with Crippen LogP contribution in [-0.2, 0) is 14.1 Å². The van der Waals surface area contributed by atoms with Crippen LogP contribution in [-0.4, -0.2) is 46.0 Å². The molecule has 1 atom stereocenters. The number of nitrogens with zero attached hydrogens (tertiary/aromatic N) is 2. The fourth-order valence-corrected chi connectivity index (χ4v) is 5.27. The molecule has 2 heterocycles. The van der Waals surface area contributed by atoms with Crippen molar-refractivity contribution >= 4 is 30.1 Å². The number of carbonyl (C=O) groups excluding carboxylic acids is 2. The second kappa shape index (κ2) is 9.59. The molecule has 5 rings (SSSR count). The van der Waals surface area contributed by atoms with Gasteiger partial charge in [0.1, 0.15) is 11.7 Å². The van der Waals surface area contributed by atoms with Gasteiger partial charge >= 0.3 is 7.12 Å². The molecule has 1 saturated heterocycles. The number of hydrogen-bond acceptors (Lipinski definition) is 5. The molecule has 1 aromatic carbocycles. The zero-order valence-corrected chi connectivity index (χ0v) is 22.8. The summed E-state index contributed by atoms with van der Waals surface area (Å²) >= 11 is 0. The number of benzene rings is 1. The van der Waals surface area contributed by atoms with E-state index >= 15 is 0 Å². The van der Waals surface area contributed by atoms with Crippen molar-refractivity contribution in [3.05, 3.63) is 42.2 Å². The molecule has 1 unspecified atom stereocenters. The summed E-state index contributed by atoms with van der Waals surface area (Å²) in [5.74, 6) is 0.710. The lowest BCUT2D eigenvalue weighted by molar-refractivity contribution is -0.119. The van der Waals surface area contributed by atoms with Gasteiger partial charge in [-0.25, -0.2) is 0 Å². The van der Waals surface area contributed by atoms with Crippen molar-refractivity contribution in [1.82, 2.24) is 15.1 Å². The van der Waals surface area contributed by atoms with E-state index in [1.54, 1.807) is 16.9 Å². The summed E-state index contributed by atoms with van der Waals surface area (Å²) in [4.78, 5) is 27.0. The van der Waals surface area contributed by atoms with Crippen LogP contribution in [0.25, 0.3) is 0 Å². The Bertz CT molecular complexity index is 1120. The average molecular weight is 506 g/mol. The fourth-order valence-electron chi connectivity index (χ4n) is 5.27. The Hall–Kier alpha value is -2.65. The van der Waals surface area contributed by atoms with Gasteiger partial charge in [0.05, 0.1) is 11.2 Å². The van der Waals surface area contributed by atoms with Gasteiger partial charge in [0.15, 0.2) is 0 Å². The minimum absolute atomic E-state index is 0.0492. The third-order valence-electron chi connectivity index (χ3n) is 8.38. The van der Waals surface area contributed by atoms with Crippen LogP contribution in [0.4, 0.5) is 5.69 Å². The molecule has 198 valence electrons. The van der Waals surface area contributed by atoms with Gasteiger partial charge in [-0.3, -0.25) is 14.3 Å². The van der Waals surface area contributed by atoms with E-state index in [0.29, 0.717) is 23.2 Å². The van der Waals surface area contributed by atoms with Crippen LogP contribution in [0.2, 0.25) is 0 Å². The maximum absolute atomic E-state index is 13.7. The number of hydrogen-bond donors (Lipinski definition) is 2. The quantitative estimate of drug-likeness (QED) is 0.503. The number of anilines is 1. The van der Waals surface area contributed by atoms with Gasteiger partial charge < -0.3 is 19.9 Å². The molecular formula is C28H39BN4O4. The van der Waals surface area contributed by atoms with Crippen molar-refractivity contribution in [2.24, 2.45) is 17.8 Å². The molecule has 1 aliphatic heterocycles. The lowest BCUT2D eigenvalue weighted by Crippen LogP contribution is -2.50. The minimum Gasteiger partial charge on any atom is -0.399 e. The van der Waals surface area contributed by atoms with Crippen molar-refractivity contribution < 1.29 is 18.9 Å². The summed E-state index contributed by atoms with van der Waals surface area (Å²) in [7, 11) is -0.457. The van der Waals surface area contributed by atoms with Crippen LogP contribution in [0.5, 0.6) is 0 Å². The molecule has 9 heteroatoms. The van der Waals surface area contributed by atoms with Crippen molar-refractivity contribution in [1.29, 1.82) is 0 Å². The van der Waals surface area contributed by atoms with E-state index in [0.717, 1.165) is 31.1 Å². The standard InChI is InChI=1S/C28H39BN4O4/c1-17(2)33-22(15-16-30-33)25(34)32-24(23(18-7-8-18)19-9-10-19)26(35)31-21-13-11-20(12-14-21)29-36-27(3,4)28(5,6)37-29/h11-19,23-24H,7-10H2,1-6H3,(H,31,35)(H,32,34). The highest BCUT2D eigenvalue weighted by molar-refractivity contribution is 6.62. The molecule has 37 heavy (non-hydrogen) atoms. The molecule has 8 nitrogen and oxygen atoms in total. The highest BCUT2D eigenvalue weighted by Gasteiger charge is 2.52. The summed E-state index contributed by atoms with van der Waals surface area (Å²) in [5.41, 5.74) is 1.23. The van der Waals surface area contributed by atoms with Crippen LogP contribution in [0.15, 0.2) is 36.5 Å².